The molecule has 0 spiro atoms. The summed E-state index contributed by atoms with van der Waals surface area (Å²) in [6, 6.07) is 7.34. The van der Waals surface area contributed by atoms with Crippen LogP contribution in [-0.4, -0.2) is 20.6 Å². The van der Waals surface area contributed by atoms with Crippen LogP contribution in [0.1, 0.15) is 24.0 Å². The highest BCUT2D eigenvalue weighted by atomic mass is 35.5. The van der Waals surface area contributed by atoms with E-state index in [1.54, 1.807) is 12.1 Å². The number of nitrogens with zero attached hydrogens (tertiary/aromatic N) is 2. The number of thiophene rings is 1. The molecular weight excluding hydrogens is 360 g/mol. The second-order valence-corrected chi connectivity index (χ2v) is 7.34. The summed E-state index contributed by atoms with van der Waals surface area (Å²) in [7, 11) is 0. The zero-order valence-electron chi connectivity index (χ0n) is 13.9. The number of hydrogen-bond acceptors (Lipinski definition) is 4. The first-order chi connectivity index (χ1) is 11.9. The summed E-state index contributed by atoms with van der Waals surface area (Å²) in [6.45, 7) is 3.99. The number of aromatic nitrogens is 2. The Bertz CT molecular complexity index is 1010. The minimum atomic E-state index is -0.937. The van der Waals surface area contributed by atoms with E-state index in [1.807, 2.05) is 26.0 Å². The summed E-state index contributed by atoms with van der Waals surface area (Å²) in [5.74, 6) is -0.323. The lowest BCUT2D eigenvalue weighted by Gasteiger charge is -2.10. The van der Waals surface area contributed by atoms with E-state index < -0.39 is 5.97 Å². The maximum Gasteiger partial charge on any atom is 0.305 e. The van der Waals surface area contributed by atoms with Crippen molar-refractivity contribution in [2.45, 2.75) is 33.2 Å². The first-order valence-corrected chi connectivity index (χ1v) is 9.12. The zero-order valence-corrected chi connectivity index (χ0v) is 15.4. The maximum absolute atomic E-state index is 13.1. The van der Waals surface area contributed by atoms with Crippen LogP contribution in [0.4, 0.5) is 0 Å². The Morgan fingerprint density at radius 1 is 1.32 bits per heavy atom. The lowest BCUT2D eigenvalue weighted by atomic mass is 10.0. The van der Waals surface area contributed by atoms with E-state index in [0.717, 1.165) is 16.0 Å². The van der Waals surface area contributed by atoms with Crippen LogP contribution in [0.25, 0.3) is 21.3 Å². The van der Waals surface area contributed by atoms with Gasteiger partial charge in [-0.05, 0) is 24.6 Å². The maximum atomic E-state index is 13.1. The van der Waals surface area contributed by atoms with Crippen molar-refractivity contribution in [3.8, 4) is 11.1 Å². The van der Waals surface area contributed by atoms with Crippen molar-refractivity contribution in [1.29, 1.82) is 0 Å². The van der Waals surface area contributed by atoms with Crippen LogP contribution in [0.15, 0.2) is 29.1 Å². The summed E-state index contributed by atoms with van der Waals surface area (Å²) in [6.07, 6.45) is 0.456. The van der Waals surface area contributed by atoms with Gasteiger partial charge in [-0.3, -0.25) is 14.2 Å². The summed E-state index contributed by atoms with van der Waals surface area (Å²) < 4.78 is 1.49. The van der Waals surface area contributed by atoms with Gasteiger partial charge in [-0.25, -0.2) is 4.98 Å². The van der Waals surface area contributed by atoms with Gasteiger partial charge < -0.3 is 5.11 Å². The van der Waals surface area contributed by atoms with Crippen molar-refractivity contribution < 1.29 is 9.90 Å². The van der Waals surface area contributed by atoms with Crippen molar-refractivity contribution in [3.05, 3.63) is 50.3 Å². The summed E-state index contributed by atoms with van der Waals surface area (Å²) in [4.78, 5) is 30.3. The molecule has 5 nitrogen and oxygen atoms in total. The summed E-state index contributed by atoms with van der Waals surface area (Å²) in [5, 5.41) is 10.1. The number of aryl methyl sites for hydroxylation is 2. The standard InChI is InChI=1S/C18H17ClN2O3S/c1-3-13-20-17-16(18(24)21(13)9-8-14(22)23)15(10(2)25-17)11-4-6-12(19)7-5-11/h4-7H,3,8-9H2,1-2H3,(H,22,23). The van der Waals surface area contributed by atoms with Crippen LogP contribution in [-0.2, 0) is 17.8 Å². The van der Waals surface area contributed by atoms with Crippen molar-refractivity contribution in [1.82, 2.24) is 9.55 Å². The lowest BCUT2D eigenvalue weighted by molar-refractivity contribution is -0.137. The molecule has 3 rings (SSSR count). The molecule has 2 heterocycles. The van der Waals surface area contributed by atoms with Gasteiger partial charge in [0.05, 0.1) is 11.8 Å². The monoisotopic (exact) mass is 376 g/mol. The van der Waals surface area contributed by atoms with E-state index >= 15 is 0 Å². The fraction of sp³-hybridized carbons (Fsp3) is 0.278. The number of carboxylic acids is 1. The molecular formula is C18H17ClN2O3S. The zero-order chi connectivity index (χ0) is 18.1. The van der Waals surface area contributed by atoms with Crippen LogP contribution < -0.4 is 5.56 Å². The van der Waals surface area contributed by atoms with Crippen LogP contribution in [0.3, 0.4) is 0 Å². The van der Waals surface area contributed by atoms with Gasteiger partial charge in [0.25, 0.3) is 5.56 Å². The largest absolute Gasteiger partial charge is 0.481 e. The third kappa shape index (κ3) is 3.32. The van der Waals surface area contributed by atoms with Gasteiger partial charge in [0.2, 0.25) is 0 Å². The minimum absolute atomic E-state index is 0.112. The molecule has 0 unspecified atom stereocenters. The van der Waals surface area contributed by atoms with Crippen LogP contribution >= 0.6 is 22.9 Å². The average Bonchev–Trinajstić information content (AvgIpc) is 2.90. The Balaban J connectivity index is 2.27. The third-order valence-electron chi connectivity index (χ3n) is 4.07. The molecule has 25 heavy (non-hydrogen) atoms. The SMILES string of the molecule is CCc1nc2sc(C)c(-c3ccc(Cl)cc3)c2c(=O)n1CCC(=O)O. The van der Waals surface area contributed by atoms with Gasteiger partial charge in [0.1, 0.15) is 10.7 Å². The van der Waals surface area contributed by atoms with Gasteiger partial charge in [-0.1, -0.05) is 30.7 Å². The molecule has 0 aliphatic heterocycles. The Hall–Kier alpha value is -2.18. The molecule has 3 aromatic rings. The van der Waals surface area contributed by atoms with Crippen LogP contribution in [0.5, 0.6) is 0 Å². The smallest absolute Gasteiger partial charge is 0.305 e. The Morgan fingerprint density at radius 3 is 2.60 bits per heavy atom. The van der Waals surface area contributed by atoms with Gasteiger partial charge in [-0.15, -0.1) is 11.3 Å². The fourth-order valence-electron chi connectivity index (χ4n) is 2.91. The number of rotatable bonds is 5. The predicted molar refractivity (Wildman–Crippen MR) is 101 cm³/mol. The van der Waals surface area contributed by atoms with Crippen molar-refractivity contribution in [3.63, 3.8) is 0 Å². The number of carboxylic acid groups (broad SMARTS) is 1. The Morgan fingerprint density at radius 2 is 2.00 bits per heavy atom. The fourth-order valence-corrected chi connectivity index (χ4v) is 4.09. The topological polar surface area (TPSA) is 72.2 Å². The quantitative estimate of drug-likeness (QED) is 0.726. The van der Waals surface area contributed by atoms with E-state index in [1.165, 1.54) is 15.9 Å². The second-order valence-electron chi connectivity index (χ2n) is 5.70. The minimum Gasteiger partial charge on any atom is -0.481 e. The lowest BCUT2D eigenvalue weighted by Crippen LogP contribution is -2.26. The Kier molecular flexibility index (Phi) is 4.92. The van der Waals surface area contributed by atoms with E-state index in [0.29, 0.717) is 27.5 Å². The molecule has 0 atom stereocenters. The second kappa shape index (κ2) is 6.98. The first-order valence-electron chi connectivity index (χ1n) is 7.93. The van der Waals surface area contributed by atoms with Crippen molar-refractivity contribution >= 4 is 39.1 Å². The van der Waals surface area contributed by atoms with Crippen molar-refractivity contribution in [2.24, 2.45) is 0 Å². The third-order valence-corrected chi connectivity index (χ3v) is 5.32. The first kappa shape index (κ1) is 17.6. The van der Waals surface area contributed by atoms with E-state index in [2.05, 4.69) is 4.98 Å². The normalized spacial score (nSPS) is 11.2. The molecule has 1 aromatic carbocycles. The van der Waals surface area contributed by atoms with Gasteiger partial charge in [0, 0.05) is 28.4 Å². The average molecular weight is 377 g/mol. The summed E-state index contributed by atoms with van der Waals surface area (Å²) >= 11 is 7.45. The molecule has 0 aliphatic carbocycles. The van der Waals surface area contributed by atoms with Gasteiger partial charge >= 0.3 is 5.97 Å². The molecule has 0 amide bonds. The number of benzene rings is 1. The number of halogens is 1. The van der Waals surface area contributed by atoms with Crippen molar-refractivity contribution in [2.75, 3.05) is 0 Å². The number of hydrogen-bond donors (Lipinski definition) is 1. The molecule has 0 saturated heterocycles. The molecule has 1 N–H and O–H groups in total. The molecule has 0 saturated carbocycles. The molecule has 0 bridgehead atoms. The predicted octanol–water partition coefficient (Wildman–Crippen LogP) is 4.12. The van der Waals surface area contributed by atoms with Gasteiger partial charge in [0.15, 0.2) is 0 Å². The van der Waals surface area contributed by atoms with Crippen LogP contribution in [0.2, 0.25) is 5.02 Å². The molecule has 2 aromatic heterocycles. The van der Waals surface area contributed by atoms with E-state index in [-0.39, 0.29) is 18.5 Å². The molecule has 130 valence electrons. The molecule has 7 heteroatoms. The number of fused-ring (bicyclic) bond motifs is 1. The summed E-state index contributed by atoms with van der Waals surface area (Å²) in [5.41, 5.74) is 1.57. The van der Waals surface area contributed by atoms with Crippen LogP contribution in [0, 0.1) is 6.92 Å². The highest BCUT2D eigenvalue weighted by Crippen LogP contribution is 2.36. The van der Waals surface area contributed by atoms with E-state index in [9.17, 15) is 9.59 Å². The molecule has 0 aliphatic rings. The Labute approximate surface area is 153 Å². The van der Waals surface area contributed by atoms with E-state index in [4.69, 9.17) is 16.7 Å². The highest BCUT2D eigenvalue weighted by molar-refractivity contribution is 7.19. The number of aliphatic carboxylic acids is 1. The highest BCUT2D eigenvalue weighted by Gasteiger charge is 2.19. The van der Waals surface area contributed by atoms with Gasteiger partial charge in [-0.2, -0.15) is 0 Å². The molecule has 0 radical (unpaired) electrons. The number of carbonyl (C=O) groups is 1. The molecule has 0 fully saturated rings.